The zero-order valence-electron chi connectivity index (χ0n) is 17.0. The van der Waals surface area contributed by atoms with Crippen molar-refractivity contribution in [1.82, 2.24) is 15.0 Å². The second-order valence-corrected chi connectivity index (χ2v) is 7.02. The maximum atomic E-state index is 5.77. The lowest BCUT2D eigenvalue weighted by atomic mass is 10.1. The molecule has 0 amide bonds. The molecule has 148 valence electrons. The van der Waals surface area contributed by atoms with Crippen molar-refractivity contribution in [1.29, 1.82) is 0 Å². The van der Waals surface area contributed by atoms with E-state index in [1.807, 2.05) is 24.3 Å². The van der Waals surface area contributed by atoms with Crippen LogP contribution in [0.25, 0.3) is 5.57 Å². The van der Waals surface area contributed by atoms with Crippen molar-refractivity contribution < 1.29 is 4.74 Å². The van der Waals surface area contributed by atoms with Gasteiger partial charge in [0.15, 0.2) is 11.6 Å². The van der Waals surface area contributed by atoms with Crippen molar-refractivity contribution >= 4 is 28.7 Å². The van der Waals surface area contributed by atoms with Crippen LogP contribution in [0.3, 0.4) is 0 Å². The number of allylic oxidation sites excluding steroid dienone is 2. The summed E-state index contributed by atoms with van der Waals surface area (Å²) in [5.74, 6) is 1.98. The first-order chi connectivity index (χ1) is 14.2. The molecule has 1 aromatic carbocycles. The largest absolute Gasteiger partial charge is 0.486 e. The summed E-state index contributed by atoms with van der Waals surface area (Å²) >= 11 is 0. The molecule has 0 spiro atoms. The number of aromatic nitrogens is 3. The van der Waals surface area contributed by atoms with Crippen LogP contribution < -0.4 is 15.0 Å². The number of hydrogen-bond donors (Lipinski definition) is 1. The molecule has 1 N–H and O–H groups in total. The third-order valence-corrected chi connectivity index (χ3v) is 4.90. The molecule has 0 fully saturated rings. The van der Waals surface area contributed by atoms with Crippen molar-refractivity contribution in [3.8, 4) is 5.75 Å². The predicted molar refractivity (Wildman–Crippen MR) is 117 cm³/mol. The normalized spacial score (nSPS) is 13.6. The highest BCUT2D eigenvalue weighted by atomic mass is 16.5. The number of nitrogens with zero attached hydrogens (tertiary/aromatic N) is 4. The molecule has 0 atom stereocenters. The molecule has 0 aliphatic carbocycles. The minimum absolute atomic E-state index is 0.517. The van der Waals surface area contributed by atoms with E-state index in [4.69, 9.17) is 9.72 Å². The van der Waals surface area contributed by atoms with Gasteiger partial charge in [-0.15, -0.1) is 0 Å². The van der Waals surface area contributed by atoms with Gasteiger partial charge < -0.3 is 15.0 Å². The molecular formula is C23H25N5O. The number of fused-ring (bicyclic) bond motifs is 1. The molecule has 4 rings (SSSR count). The van der Waals surface area contributed by atoms with Crippen LogP contribution >= 0.6 is 0 Å². The molecular weight excluding hydrogens is 362 g/mol. The van der Waals surface area contributed by atoms with Gasteiger partial charge in [-0.2, -0.15) is 4.98 Å². The predicted octanol–water partition coefficient (Wildman–Crippen LogP) is 5.27. The summed E-state index contributed by atoms with van der Waals surface area (Å²) in [5.41, 5.74) is 5.32. The SMILES string of the molecule is CCC=C(C)c1ccc(Nc2ncc3c(n2)N(c2ccccc2C)CCO3)cn1. The Morgan fingerprint density at radius 2 is 2.03 bits per heavy atom. The summed E-state index contributed by atoms with van der Waals surface area (Å²) in [6.45, 7) is 7.65. The molecule has 3 heterocycles. The summed E-state index contributed by atoms with van der Waals surface area (Å²) in [4.78, 5) is 15.9. The van der Waals surface area contributed by atoms with Crippen LogP contribution in [0.2, 0.25) is 0 Å². The third kappa shape index (κ3) is 4.06. The van der Waals surface area contributed by atoms with Gasteiger partial charge in [0.25, 0.3) is 0 Å². The van der Waals surface area contributed by atoms with Crippen LogP contribution in [0, 0.1) is 6.92 Å². The number of ether oxygens (including phenoxy) is 1. The molecule has 29 heavy (non-hydrogen) atoms. The van der Waals surface area contributed by atoms with Crippen LogP contribution in [0.5, 0.6) is 5.75 Å². The first-order valence-corrected chi connectivity index (χ1v) is 9.89. The summed E-state index contributed by atoms with van der Waals surface area (Å²) < 4.78 is 5.77. The minimum Gasteiger partial charge on any atom is -0.486 e. The van der Waals surface area contributed by atoms with Crippen molar-refractivity contribution in [2.24, 2.45) is 0 Å². The van der Waals surface area contributed by atoms with E-state index in [2.05, 4.69) is 59.2 Å². The van der Waals surface area contributed by atoms with E-state index in [9.17, 15) is 0 Å². The second-order valence-electron chi connectivity index (χ2n) is 7.02. The third-order valence-electron chi connectivity index (χ3n) is 4.90. The monoisotopic (exact) mass is 387 g/mol. The fourth-order valence-electron chi connectivity index (χ4n) is 3.41. The smallest absolute Gasteiger partial charge is 0.229 e. The van der Waals surface area contributed by atoms with Crippen molar-refractivity contribution in [2.45, 2.75) is 27.2 Å². The van der Waals surface area contributed by atoms with E-state index in [0.29, 0.717) is 18.3 Å². The van der Waals surface area contributed by atoms with E-state index < -0.39 is 0 Å². The Bertz CT molecular complexity index is 1030. The number of rotatable bonds is 5. The fourth-order valence-corrected chi connectivity index (χ4v) is 3.41. The molecule has 6 nitrogen and oxygen atoms in total. The molecule has 0 unspecified atom stereocenters. The molecule has 0 saturated carbocycles. The molecule has 3 aromatic rings. The summed E-state index contributed by atoms with van der Waals surface area (Å²) in [5, 5.41) is 3.25. The van der Waals surface area contributed by atoms with Gasteiger partial charge in [0, 0.05) is 5.69 Å². The molecule has 1 aliphatic rings. The van der Waals surface area contributed by atoms with Gasteiger partial charge in [0.1, 0.15) is 6.61 Å². The Hall–Kier alpha value is -3.41. The van der Waals surface area contributed by atoms with Gasteiger partial charge in [-0.05, 0) is 49.6 Å². The lowest BCUT2D eigenvalue weighted by molar-refractivity contribution is 0.310. The molecule has 0 radical (unpaired) electrons. The van der Waals surface area contributed by atoms with Gasteiger partial charge in [-0.3, -0.25) is 4.98 Å². The van der Waals surface area contributed by atoms with Crippen LogP contribution in [0.15, 0.2) is 54.9 Å². The molecule has 6 heteroatoms. The lowest BCUT2D eigenvalue weighted by Crippen LogP contribution is -2.30. The Morgan fingerprint density at radius 3 is 2.79 bits per heavy atom. The highest BCUT2D eigenvalue weighted by molar-refractivity contribution is 5.70. The summed E-state index contributed by atoms with van der Waals surface area (Å²) in [6.07, 6.45) is 6.70. The van der Waals surface area contributed by atoms with E-state index >= 15 is 0 Å². The molecule has 0 bridgehead atoms. The van der Waals surface area contributed by atoms with Crippen LogP contribution in [-0.2, 0) is 0 Å². The highest BCUT2D eigenvalue weighted by Crippen LogP contribution is 2.36. The number of pyridine rings is 1. The first kappa shape index (κ1) is 18.9. The highest BCUT2D eigenvalue weighted by Gasteiger charge is 2.23. The molecule has 0 saturated heterocycles. The topological polar surface area (TPSA) is 63.2 Å². The van der Waals surface area contributed by atoms with Crippen molar-refractivity contribution in [3.05, 3.63) is 66.1 Å². The van der Waals surface area contributed by atoms with Gasteiger partial charge in [-0.25, -0.2) is 4.98 Å². The van der Waals surface area contributed by atoms with Crippen LogP contribution in [0.1, 0.15) is 31.5 Å². The first-order valence-electron chi connectivity index (χ1n) is 9.89. The Kier molecular flexibility index (Phi) is 5.42. The van der Waals surface area contributed by atoms with E-state index in [0.717, 1.165) is 35.9 Å². The maximum absolute atomic E-state index is 5.77. The zero-order chi connectivity index (χ0) is 20.2. The van der Waals surface area contributed by atoms with E-state index in [-0.39, 0.29) is 0 Å². The maximum Gasteiger partial charge on any atom is 0.229 e. The van der Waals surface area contributed by atoms with Gasteiger partial charge in [0.2, 0.25) is 5.95 Å². The fraction of sp³-hybridized carbons (Fsp3) is 0.261. The van der Waals surface area contributed by atoms with Crippen LogP contribution in [0.4, 0.5) is 23.1 Å². The number of anilines is 4. The average molecular weight is 387 g/mol. The van der Waals surface area contributed by atoms with Gasteiger partial charge in [-0.1, -0.05) is 31.2 Å². The molecule has 1 aliphatic heterocycles. The van der Waals surface area contributed by atoms with Gasteiger partial charge >= 0.3 is 0 Å². The second kappa shape index (κ2) is 8.31. The Balaban J connectivity index is 1.60. The molecule has 2 aromatic heterocycles. The van der Waals surface area contributed by atoms with Crippen LogP contribution in [-0.4, -0.2) is 28.1 Å². The Morgan fingerprint density at radius 1 is 1.17 bits per heavy atom. The number of para-hydroxylation sites is 1. The number of nitrogens with one attached hydrogen (secondary N) is 1. The van der Waals surface area contributed by atoms with E-state index in [1.165, 1.54) is 11.1 Å². The standard InChI is InChI=1S/C23H25N5O/c1-4-7-16(2)19-11-10-18(14-24-19)26-23-25-15-21-22(27-23)28(12-13-29-21)20-9-6-5-8-17(20)3/h5-11,14-15H,4,12-13H2,1-3H3,(H,25,26,27). The minimum atomic E-state index is 0.517. The quantitative estimate of drug-likeness (QED) is 0.644. The summed E-state index contributed by atoms with van der Waals surface area (Å²) in [7, 11) is 0. The average Bonchev–Trinajstić information content (AvgIpc) is 2.74. The van der Waals surface area contributed by atoms with E-state index in [1.54, 1.807) is 12.4 Å². The number of hydrogen-bond acceptors (Lipinski definition) is 6. The van der Waals surface area contributed by atoms with Gasteiger partial charge in [0.05, 0.1) is 30.3 Å². The van der Waals surface area contributed by atoms with Crippen molar-refractivity contribution in [2.75, 3.05) is 23.4 Å². The number of aryl methyl sites for hydroxylation is 1. The number of benzene rings is 1. The van der Waals surface area contributed by atoms with Crippen molar-refractivity contribution in [3.63, 3.8) is 0 Å². The Labute approximate surface area is 171 Å². The lowest BCUT2D eigenvalue weighted by Gasteiger charge is -2.31. The summed E-state index contributed by atoms with van der Waals surface area (Å²) in [6, 6.07) is 12.3. The zero-order valence-corrected chi connectivity index (χ0v) is 17.0.